The number of benzene rings is 2. The lowest BCUT2D eigenvalue weighted by atomic mass is 10.1. The highest BCUT2D eigenvalue weighted by Gasteiger charge is 2.17. The summed E-state index contributed by atoms with van der Waals surface area (Å²) in [5, 5.41) is 5.07. The Bertz CT molecular complexity index is 972. The number of aryl methyl sites for hydroxylation is 1. The van der Waals surface area contributed by atoms with Crippen LogP contribution in [0.5, 0.6) is 0 Å². The average Bonchev–Trinajstić information content (AvgIpc) is 2.70. The van der Waals surface area contributed by atoms with Gasteiger partial charge in [-0.2, -0.15) is 0 Å². The van der Waals surface area contributed by atoms with Crippen LogP contribution in [-0.4, -0.2) is 47.0 Å². The maximum Gasteiger partial charge on any atom is 0.261 e. The first-order valence-corrected chi connectivity index (χ1v) is 10.5. The molecule has 0 aliphatic rings. The minimum Gasteiger partial charge on any atom is -0.383 e. The van der Waals surface area contributed by atoms with Gasteiger partial charge in [0.2, 0.25) is 5.91 Å². The molecule has 3 N–H and O–H groups in total. The number of nitrogens with one attached hydrogen (secondary N) is 3. The fraction of sp³-hybridized carbons (Fsp3) is 0.300. The zero-order chi connectivity index (χ0) is 21.4. The van der Waals surface area contributed by atoms with Gasteiger partial charge in [0.1, 0.15) is 0 Å². The predicted octanol–water partition coefficient (Wildman–Crippen LogP) is 1.60. The molecule has 2 aromatic carbocycles. The second kappa shape index (κ2) is 10.0. The third-order valence-electron chi connectivity index (χ3n) is 4.31. The van der Waals surface area contributed by atoms with Crippen LogP contribution in [0.3, 0.4) is 0 Å². The van der Waals surface area contributed by atoms with Crippen molar-refractivity contribution in [2.75, 3.05) is 31.5 Å². The Morgan fingerprint density at radius 3 is 2.34 bits per heavy atom. The van der Waals surface area contributed by atoms with Gasteiger partial charge >= 0.3 is 0 Å². The molecule has 2 aromatic rings. The lowest BCUT2D eigenvalue weighted by Crippen LogP contribution is -2.38. The topological polar surface area (TPSA) is 114 Å². The van der Waals surface area contributed by atoms with Crippen LogP contribution in [-0.2, 0) is 19.6 Å². The molecule has 0 radical (unpaired) electrons. The van der Waals surface area contributed by atoms with E-state index in [9.17, 15) is 18.0 Å². The number of sulfonamides is 1. The van der Waals surface area contributed by atoms with Crippen LogP contribution in [0, 0.1) is 13.8 Å². The summed E-state index contributed by atoms with van der Waals surface area (Å²) >= 11 is 0. The van der Waals surface area contributed by atoms with Crippen molar-refractivity contribution >= 4 is 27.5 Å². The van der Waals surface area contributed by atoms with E-state index in [-0.39, 0.29) is 22.9 Å². The minimum absolute atomic E-state index is 0.0345. The smallest absolute Gasteiger partial charge is 0.261 e. The molecular weight excluding hydrogens is 394 g/mol. The Morgan fingerprint density at radius 1 is 1.00 bits per heavy atom. The summed E-state index contributed by atoms with van der Waals surface area (Å²) in [4.78, 5) is 23.8. The van der Waals surface area contributed by atoms with Gasteiger partial charge in [-0.25, -0.2) is 8.42 Å². The third kappa shape index (κ3) is 6.30. The number of ether oxygens (including phenoxy) is 1. The number of hydrogen-bond donors (Lipinski definition) is 3. The first kappa shape index (κ1) is 22.4. The summed E-state index contributed by atoms with van der Waals surface area (Å²) in [5.41, 5.74) is 2.58. The minimum atomic E-state index is -3.79. The van der Waals surface area contributed by atoms with Crippen LogP contribution < -0.4 is 15.4 Å². The molecule has 0 unspecified atom stereocenters. The molecule has 29 heavy (non-hydrogen) atoms. The van der Waals surface area contributed by atoms with Crippen molar-refractivity contribution in [3.63, 3.8) is 0 Å². The summed E-state index contributed by atoms with van der Waals surface area (Å²) in [6.07, 6.45) is 0. The van der Waals surface area contributed by atoms with E-state index in [1.807, 2.05) is 19.9 Å². The zero-order valence-corrected chi connectivity index (χ0v) is 17.4. The van der Waals surface area contributed by atoms with Crippen molar-refractivity contribution < 1.29 is 22.7 Å². The highest BCUT2D eigenvalue weighted by molar-refractivity contribution is 7.92. The molecule has 0 bridgehead atoms. The number of amides is 2. The Balaban J connectivity index is 2.00. The van der Waals surface area contributed by atoms with Gasteiger partial charge in [0.25, 0.3) is 15.9 Å². The second-order valence-corrected chi connectivity index (χ2v) is 8.09. The van der Waals surface area contributed by atoms with Crippen molar-refractivity contribution in [2.24, 2.45) is 0 Å². The van der Waals surface area contributed by atoms with Crippen molar-refractivity contribution in [2.45, 2.75) is 18.7 Å². The lowest BCUT2D eigenvalue weighted by molar-refractivity contribution is -0.120. The van der Waals surface area contributed by atoms with Crippen molar-refractivity contribution in [3.8, 4) is 0 Å². The van der Waals surface area contributed by atoms with Crippen LogP contribution in [0.1, 0.15) is 21.5 Å². The number of anilines is 1. The van der Waals surface area contributed by atoms with E-state index >= 15 is 0 Å². The van der Waals surface area contributed by atoms with Gasteiger partial charge in [0.15, 0.2) is 0 Å². The summed E-state index contributed by atoms with van der Waals surface area (Å²) < 4.78 is 32.6. The van der Waals surface area contributed by atoms with Crippen LogP contribution in [0.25, 0.3) is 0 Å². The third-order valence-corrected chi connectivity index (χ3v) is 5.70. The molecule has 9 heteroatoms. The van der Waals surface area contributed by atoms with Crippen LogP contribution in [0.15, 0.2) is 47.4 Å². The highest BCUT2D eigenvalue weighted by atomic mass is 32.2. The van der Waals surface area contributed by atoms with Crippen LogP contribution in [0.2, 0.25) is 0 Å². The van der Waals surface area contributed by atoms with Crippen LogP contribution >= 0.6 is 0 Å². The largest absolute Gasteiger partial charge is 0.383 e. The molecule has 156 valence electrons. The molecule has 0 saturated carbocycles. The van der Waals surface area contributed by atoms with Crippen molar-refractivity contribution in [1.29, 1.82) is 0 Å². The van der Waals surface area contributed by atoms with Crippen molar-refractivity contribution in [3.05, 3.63) is 59.2 Å². The molecule has 0 spiro atoms. The summed E-state index contributed by atoms with van der Waals surface area (Å²) in [5.74, 6) is -0.814. The summed E-state index contributed by atoms with van der Waals surface area (Å²) in [6, 6.07) is 10.9. The quantitative estimate of drug-likeness (QED) is 0.534. The van der Waals surface area contributed by atoms with E-state index in [1.165, 1.54) is 31.4 Å². The maximum absolute atomic E-state index is 12.6. The molecule has 0 aliphatic carbocycles. The van der Waals surface area contributed by atoms with Gasteiger partial charge < -0.3 is 15.4 Å². The molecule has 8 nitrogen and oxygen atoms in total. The fourth-order valence-electron chi connectivity index (χ4n) is 2.47. The average molecular weight is 420 g/mol. The standard InChI is InChI=1S/C20H25N3O5S/c1-14-5-4-6-18(15(14)2)23-29(26,27)17-9-7-16(8-10-17)20(25)22-13-19(24)21-11-12-28-3/h4-10,23H,11-13H2,1-3H3,(H,21,24)(H,22,25). The Labute approximate surface area is 170 Å². The lowest BCUT2D eigenvalue weighted by Gasteiger charge is -2.12. The number of hydrogen-bond acceptors (Lipinski definition) is 5. The molecule has 0 fully saturated rings. The van der Waals surface area contributed by atoms with E-state index in [0.29, 0.717) is 18.8 Å². The monoisotopic (exact) mass is 419 g/mol. The maximum atomic E-state index is 12.6. The number of methoxy groups -OCH3 is 1. The van der Waals surface area contributed by atoms with E-state index in [2.05, 4.69) is 15.4 Å². The molecule has 0 heterocycles. The SMILES string of the molecule is COCCNC(=O)CNC(=O)c1ccc(S(=O)(=O)Nc2cccc(C)c2C)cc1. The van der Waals surface area contributed by atoms with Gasteiger partial charge in [-0.05, 0) is 55.3 Å². The highest BCUT2D eigenvalue weighted by Crippen LogP contribution is 2.22. The molecule has 0 aromatic heterocycles. The second-order valence-electron chi connectivity index (χ2n) is 6.40. The van der Waals surface area contributed by atoms with E-state index < -0.39 is 15.9 Å². The van der Waals surface area contributed by atoms with Gasteiger partial charge in [0, 0.05) is 19.2 Å². The molecule has 2 rings (SSSR count). The first-order valence-electron chi connectivity index (χ1n) is 8.97. The predicted molar refractivity (Wildman–Crippen MR) is 110 cm³/mol. The first-order chi connectivity index (χ1) is 13.7. The van der Waals surface area contributed by atoms with Crippen molar-refractivity contribution in [1.82, 2.24) is 10.6 Å². The normalized spacial score (nSPS) is 11.0. The molecule has 0 saturated heterocycles. The van der Waals surface area contributed by atoms with Gasteiger partial charge in [0.05, 0.1) is 23.7 Å². The Hall–Kier alpha value is -2.91. The molecule has 0 atom stereocenters. The van der Waals surface area contributed by atoms with Gasteiger partial charge in [-0.15, -0.1) is 0 Å². The Morgan fingerprint density at radius 2 is 1.69 bits per heavy atom. The number of rotatable bonds is 9. The fourth-order valence-corrected chi connectivity index (χ4v) is 3.59. The molecule has 0 aliphatic heterocycles. The van der Waals surface area contributed by atoms with Gasteiger partial charge in [-0.1, -0.05) is 12.1 Å². The summed E-state index contributed by atoms with van der Waals surface area (Å²) in [7, 11) is -2.27. The molecule has 2 amide bonds. The van der Waals surface area contributed by atoms with E-state index in [0.717, 1.165) is 11.1 Å². The van der Waals surface area contributed by atoms with Crippen LogP contribution in [0.4, 0.5) is 5.69 Å². The zero-order valence-electron chi connectivity index (χ0n) is 16.6. The number of carbonyl (C=O) groups is 2. The van der Waals surface area contributed by atoms with E-state index in [1.54, 1.807) is 12.1 Å². The van der Waals surface area contributed by atoms with E-state index in [4.69, 9.17) is 4.74 Å². The Kier molecular flexibility index (Phi) is 7.74. The number of carbonyl (C=O) groups excluding carboxylic acids is 2. The molecular formula is C20H25N3O5S. The van der Waals surface area contributed by atoms with Gasteiger partial charge in [-0.3, -0.25) is 14.3 Å². The summed E-state index contributed by atoms with van der Waals surface area (Å²) in [6.45, 7) is 4.29.